The van der Waals surface area contributed by atoms with Crippen molar-refractivity contribution in [1.29, 1.82) is 0 Å². The molecule has 1 aliphatic heterocycles. The summed E-state index contributed by atoms with van der Waals surface area (Å²) in [5.41, 5.74) is 3.97. The van der Waals surface area contributed by atoms with Gasteiger partial charge in [0.15, 0.2) is 0 Å². The van der Waals surface area contributed by atoms with Crippen molar-refractivity contribution in [2.75, 3.05) is 18.0 Å². The fourth-order valence-electron chi connectivity index (χ4n) is 2.91. The maximum absolute atomic E-state index is 4.61. The van der Waals surface area contributed by atoms with Crippen LogP contribution in [-0.4, -0.2) is 23.1 Å². The van der Waals surface area contributed by atoms with Gasteiger partial charge in [0.05, 0.1) is 0 Å². The number of aryl methyl sites for hydroxylation is 2. The van der Waals surface area contributed by atoms with Crippen LogP contribution in [0.5, 0.6) is 0 Å². The molecule has 1 saturated heterocycles. The van der Waals surface area contributed by atoms with Crippen molar-refractivity contribution >= 4 is 11.9 Å². The maximum Gasteiger partial charge on any atom is 0.132 e. The third-order valence-corrected chi connectivity index (χ3v) is 4.14. The monoisotopic (exact) mass is 293 g/mol. The molecule has 3 heteroatoms. The van der Waals surface area contributed by atoms with Crippen molar-refractivity contribution in [2.24, 2.45) is 0 Å². The second-order valence-corrected chi connectivity index (χ2v) is 5.82. The third kappa shape index (κ3) is 3.53. The zero-order chi connectivity index (χ0) is 15.4. The second-order valence-electron chi connectivity index (χ2n) is 5.82. The molecule has 0 bridgehead atoms. The van der Waals surface area contributed by atoms with Gasteiger partial charge in [-0.05, 0) is 31.7 Å². The summed E-state index contributed by atoms with van der Waals surface area (Å²) in [6.07, 6.45) is 5.52. The van der Waals surface area contributed by atoms with Gasteiger partial charge in [-0.3, -0.25) is 0 Å². The Bertz CT molecular complexity index is 652. The summed E-state index contributed by atoms with van der Waals surface area (Å²) >= 11 is 0. The number of hydrogen-bond donors (Lipinski definition) is 0. The van der Waals surface area contributed by atoms with Gasteiger partial charge in [0.25, 0.3) is 0 Å². The molecule has 1 aromatic heterocycles. The first kappa shape index (κ1) is 14.8. The van der Waals surface area contributed by atoms with Crippen molar-refractivity contribution < 1.29 is 0 Å². The number of piperidine rings is 1. The summed E-state index contributed by atoms with van der Waals surface area (Å²) in [4.78, 5) is 11.5. The zero-order valence-electron chi connectivity index (χ0n) is 13.4. The lowest BCUT2D eigenvalue weighted by atomic mass is 10.0. The first-order chi connectivity index (χ1) is 10.7. The van der Waals surface area contributed by atoms with E-state index in [-0.39, 0.29) is 0 Å². The van der Waals surface area contributed by atoms with Crippen LogP contribution in [0.1, 0.15) is 36.8 Å². The quantitative estimate of drug-likeness (QED) is 0.855. The molecule has 0 spiro atoms. The predicted octanol–water partition coefficient (Wildman–Crippen LogP) is 4.03. The van der Waals surface area contributed by atoms with Crippen molar-refractivity contribution in [3.63, 3.8) is 0 Å². The molecule has 0 atom stereocenters. The molecule has 0 amide bonds. The van der Waals surface area contributed by atoms with Crippen molar-refractivity contribution in [3.05, 3.63) is 59.1 Å². The second kappa shape index (κ2) is 6.73. The van der Waals surface area contributed by atoms with Gasteiger partial charge in [0.1, 0.15) is 11.6 Å². The SMILES string of the molecule is CCc1cc(N2CCC(=Cc3ccccc3)CC2)nc(C)n1. The first-order valence-corrected chi connectivity index (χ1v) is 8.08. The lowest BCUT2D eigenvalue weighted by Gasteiger charge is -2.29. The largest absolute Gasteiger partial charge is 0.356 e. The molecule has 0 aliphatic carbocycles. The first-order valence-electron chi connectivity index (χ1n) is 8.08. The Morgan fingerprint density at radius 1 is 1.09 bits per heavy atom. The molecule has 3 rings (SSSR count). The van der Waals surface area contributed by atoms with Gasteiger partial charge < -0.3 is 4.90 Å². The molecule has 2 heterocycles. The Hall–Kier alpha value is -2.16. The standard InChI is InChI=1S/C19H23N3/c1-3-18-14-19(21-15(2)20-18)22-11-9-17(10-12-22)13-16-7-5-4-6-8-16/h4-8,13-14H,3,9-12H2,1-2H3. The lowest BCUT2D eigenvalue weighted by Crippen LogP contribution is -2.31. The Labute approximate surface area is 132 Å². The molecule has 0 N–H and O–H groups in total. The number of benzene rings is 1. The van der Waals surface area contributed by atoms with Gasteiger partial charge >= 0.3 is 0 Å². The fraction of sp³-hybridized carbons (Fsp3) is 0.368. The molecule has 0 saturated carbocycles. The highest BCUT2D eigenvalue weighted by molar-refractivity contribution is 5.54. The van der Waals surface area contributed by atoms with Crippen LogP contribution in [0.4, 0.5) is 5.82 Å². The molecule has 114 valence electrons. The van der Waals surface area contributed by atoms with Crippen molar-refractivity contribution in [3.8, 4) is 0 Å². The molecular weight excluding hydrogens is 270 g/mol. The van der Waals surface area contributed by atoms with E-state index in [9.17, 15) is 0 Å². The molecule has 3 nitrogen and oxygen atoms in total. The average molecular weight is 293 g/mol. The molecule has 22 heavy (non-hydrogen) atoms. The van der Waals surface area contributed by atoms with E-state index in [0.29, 0.717) is 0 Å². The number of aromatic nitrogens is 2. The van der Waals surface area contributed by atoms with E-state index < -0.39 is 0 Å². The van der Waals surface area contributed by atoms with Crippen LogP contribution in [0.2, 0.25) is 0 Å². The predicted molar refractivity (Wildman–Crippen MR) is 92.0 cm³/mol. The molecule has 1 aromatic carbocycles. The molecule has 1 fully saturated rings. The van der Waals surface area contributed by atoms with Gasteiger partial charge in [0.2, 0.25) is 0 Å². The van der Waals surface area contributed by atoms with Crippen LogP contribution < -0.4 is 4.90 Å². The van der Waals surface area contributed by atoms with Gasteiger partial charge in [-0.2, -0.15) is 0 Å². The van der Waals surface area contributed by atoms with E-state index in [4.69, 9.17) is 0 Å². The summed E-state index contributed by atoms with van der Waals surface area (Å²) < 4.78 is 0. The van der Waals surface area contributed by atoms with Gasteiger partial charge in [0, 0.05) is 24.8 Å². The molecule has 0 unspecified atom stereocenters. The van der Waals surface area contributed by atoms with Gasteiger partial charge in [-0.1, -0.05) is 48.9 Å². The Morgan fingerprint density at radius 3 is 2.50 bits per heavy atom. The van der Waals surface area contributed by atoms with Crippen LogP contribution in [-0.2, 0) is 6.42 Å². The number of nitrogens with zero attached hydrogens (tertiary/aromatic N) is 3. The summed E-state index contributed by atoms with van der Waals surface area (Å²) in [6.45, 7) is 6.20. The van der Waals surface area contributed by atoms with E-state index in [0.717, 1.165) is 49.7 Å². The Kier molecular flexibility index (Phi) is 4.52. The number of rotatable bonds is 3. The average Bonchev–Trinajstić information content (AvgIpc) is 2.56. The molecule has 1 aliphatic rings. The van der Waals surface area contributed by atoms with Crippen LogP contribution in [0.15, 0.2) is 42.0 Å². The van der Waals surface area contributed by atoms with Crippen molar-refractivity contribution in [1.82, 2.24) is 9.97 Å². The highest BCUT2D eigenvalue weighted by Gasteiger charge is 2.16. The van der Waals surface area contributed by atoms with Crippen molar-refractivity contribution in [2.45, 2.75) is 33.1 Å². The van der Waals surface area contributed by atoms with E-state index in [1.807, 2.05) is 6.92 Å². The summed E-state index contributed by atoms with van der Waals surface area (Å²) in [5, 5.41) is 0. The highest BCUT2D eigenvalue weighted by Crippen LogP contribution is 2.23. The summed E-state index contributed by atoms with van der Waals surface area (Å²) in [5.74, 6) is 1.96. The van der Waals surface area contributed by atoms with Crippen LogP contribution in [0, 0.1) is 6.92 Å². The minimum absolute atomic E-state index is 0.875. The maximum atomic E-state index is 4.61. The molecule has 2 aromatic rings. The Morgan fingerprint density at radius 2 is 1.82 bits per heavy atom. The highest BCUT2D eigenvalue weighted by atomic mass is 15.2. The van der Waals surface area contributed by atoms with Gasteiger partial charge in [-0.25, -0.2) is 9.97 Å². The summed E-state index contributed by atoms with van der Waals surface area (Å²) in [6, 6.07) is 12.7. The zero-order valence-corrected chi connectivity index (χ0v) is 13.4. The van der Waals surface area contributed by atoms with Gasteiger partial charge in [-0.15, -0.1) is 0 Å². The van der Waals surface area contributed by atoms with E-state index in [2.05, 4.69) is 64.3 Å². The smallest absolute Gasteiger partial charge is 0.132 e. The number of anilines is 1. The third-order valence-electron chi connectivity index (χ3n) is 4.14. The number of hydrogen-bond acceptors (Lipinski definition) is 3. The van der Waals surface area contributed by atoms with E-state index >= 15 is 0 Å². The minimum atomic E-state index is 0.875. The topological polar surface area (TPSA) is 29.0 Å². The van der Waals surface area contributed by atoms with Crippen LogP contribution in [0.25, 0.3) is 6.08 Å². The fourth-order valence-corrected chi connectivity index (χ4v) is 2.91. The van der Waals surface area contributed by atoms with Crippen LogP contribution in [0.3, 0.4) is 0 Å². The summed E-state index contributed by atoms with van der Waals surface area (Å²) in [7, 11) is 0. The Balaban J connectivity index is 1.69. The molecule has 0 radical (unpaired) electrons. The molecular formula is C19H23N3. The normalized spacial score (nSPS) is 15.0. The van der Waals surface area contributed by atoms with Crippen LogP contribution >= 0.6 is 0 Å². The lowest BCUT2D eigenvalue weighted by molar-refractivity contribution is 0.677. The van der Waals surface area contributed by atoms with E-state index in [1.165, 1.54) is 11.1 Å². The van der Waals surface area contributed by atoms with E-state index in [1.54, 1.807) is 0 Å². The minimum Gasteiger partial charge on any atom is -0.356 e.